The zero-order valence-corrected chi connectivity index (χ0v) is 15.4. The summed E-state index contributed by atoms with van der Waals surface area (Å²) >= 11 is 0. The van der Waals surface area contributed by atoms with Crippen molar-refractivity contribution >= 4 is 11.6 Å². The summed E-state index contributed by atoms with van der Waals surface area (Å²) in [5.41, 5.74) is 5.13. The average Bonchev–Trinajstić information content (AvgIpc) is 3.37. The molecule has 0 spiro atoms. The number of nitrogens with zero attached hydrogens (tertiary/aromatic N) is 4. The molecule has 4 rings (SSSR count). The topological polar surface area (TPSA) is 63.1 Å². The molecule has 0 bridgehead atoms. The van der Waals surface area contributed by atoms with Gasteiger partial charge in [-0.25, -0.2) is 9.67 Å². The van der Waals surface area contributed by atoms with Gasteiger partial charge < -0.3 is 10.2 Å². The Bertz CT molecular complexity index is 905. The number of fused-ring (bicyclic) bond motifs is 1. The molecule has 6 nitrogen and oxygen atoms in total. The van der Waals surface area contributed by atoms with E-state index in [4.69, 9.17) is 0 Å². The van der Waals surface area contributed by atoms with Crippen LogP contribution in [-0.4, -0.2) is 27.2 Å². The van der Waals surface area contributed by atoms with E-state index in [1.54, 1.807) is 17.9 Å². The molecular weight excluding hydrogens is 338 g/mol. The van der Waals surface area contributed by atoms with E-state index in [9.17, 15) is 4.79 Å². The summed E-state index contributed by atoms with van der Waals surface area (Å²) in [5.74, 6) is -0.0711. The Hall–Kier alpha value is -3.15. The van der Waals surface area contributed by atoms with Crippen molar-refractivity contribution in [2.45, 2.75) is 32.5 Å². The molecule has 3 aromatic rings. The number of hydrogen-bond donors (Lipinski definition) is 1. The lowest BCUT2D eigenvalue weighted by molar-refractivity contribution is -0.124. The molecule has 27 heavy (non-hydrogen) atoms. The third-order valence-electron chi connectivity index (χ3n) is 5.06. The molecule has 1 N–H and O–H groups in total. The van der Waals surface area contributed by atoms with Gasteiger partial charge in [-0.1, -0.05) is 42.5 Å². The first-order chi connectivity index (χ1) is 13.2. The molecule has 1 amide bonds. The van der Waals surface area contributed by atoms with Gasteiger partial charge in [-0.05, 0) is 36.1 Å². The molecule has 2 heterocycles. The van der Waals surface area contributed by atoms with Crippen molar-refractivity contribution < 1.29 is 4.79 Å². The van der Waals surface area contributed by atoms with Crippen molar-refractivity contribution in [2.24, 2.45) is 0 Å². The van der Waals surface area contributed by atoms with E-state index < -0.39 is 0 Å². The summed E-state index contributed by atoms with van der Waals surface area (Å²) in [6, 6.07) is 16.7. The van der Waals surface area contributed by atoms with Gasteiger partial charge in [0.1, 0.15) is 18.7 Å². The van der Waals surface area contributed by atoms with Crippen molar-refractivity contribution in [3.63, 3.8) is 0 Å². The minimum absolute atomic E-state index is 0.0711. The number of aromatic nitrogens is 3. The fourth-order valence-corrected chi connectivity index (χ4v) is 3.43. The number of rotatable bonds is 6. The number of amides is 1. The first kappa shape index (κ1) is 17.3. The SMILES string of the molecule is CC(C(=O)NCc1ccc(CN2CCc3ccccc32)cc1)n1cncn1. The van der Waals surface area contributed by atoms with Gasteiger partial charge in [-0.2, -0.15) is 5.10 Å². The van der Waals surface area contributed by atoms with E-state index in [1.807, 2.05) is 0 Å². The van der Waals surface area contributed by atoms with Crippen LogP contribution in [0, 0.1) is 0 Å². The van der Waals surface area contributed by atoms with Crippen molar-refractivity contribution in [1.29, 1.82) is 0 Å². The smallest absolute Gasteiger partial charge is 0.244 e. The minimum Gasteiger partial charge on any atom is -0.367 e. The van der Waals surface area contributed by atoms with Crippen molar-refractivity contribution in [2.75, 3.05) is 11.4 Å². The van der Waals surface area contributed by atoms with E-state index in [2.05, 4.69) is 68.8 Å². The van der Waals surface area contributed by atoms with Gasteiger partial charge in [-0.15, -0.1) is 0 Å². The van der Waals surface area contributed by atoms with E-state index >= 15 is 0 Å². The number of carbonyl (C=O) groups is 1. The number of nitrogens with one attached hydrogen (secondary N) is 1. The first-order valence-corrected chi connectivity index (χ1v) is 9.23. The van der Waals surface area contributed by atoms with Crippen LogP contribution in [0.15, 0.2) is 61.2 Å². The molecule has 0 saturated heterocycles. The van der Waals surface area contributed by atoms with E-state index in [-0.39, 0.29) is 11.9 Å². The number of para-hydroxylation sites is 1. The Morgan fingerprint density at radius 2 is 1.93 bits per heavy atom. The van der Waals surface area contributed by atoms with Crippen LogP contribution in [0.1, 0.15) is 29.7 Å². The third kappa shape index (κ3) is 3.84. The molecule has 6 heteroatoms. The number of carbonyl (C=O) groups excluding carboxylic acids is 1. The quantitative estimate of drug-likeness (QED) is 0.733. The molecule has 2 aromatic carbocycles. The van der Waals surface area contributed by atoms with Crippen LogP contribution in [0.5, 0.6) is 0 Å². The van der Waals surface area contributed by atoms with Gasteiger partial charge in [-0.3, -0.25) is 4.79 Å². The van der Waals surface area contributed by atoms with Crippen molar-refractivity contribution in [3.8, 4) is 0 Å². The Kier molecular flexibility index (Phi) is 4.87. The molecule has 0 aliphatic carbocycles. The van der Waals surface area contributed by atoms with Crippen LogP contribution in [0.3, 0.4) is 0 Å². The fraction of sp³-hybridized carbons (Fsp3) is 0.286. The number of anilines is 1. The van der Waals surface area contributed by atoms with E-state index in [0.29, 0.717) is 6.54 Å². The van der Waals surface area contributed by atoms with Gasteiger partial charge in [0.15, 0.2) is 0 Å². The summed E-state index contributed by atoms with van der Waals surface area (Å²) in [5, 5.41) is 6.96. The molecule has 1 unspecified atom stereocenters. The largest absolute Gasteiger partial charge is 0.367 e. The summed E-state index contributed by atoms with van der Waals surface area (Å²) in [6.07, 6.45) is 4.10. The molecule has 0 saturated carbocycles. The lowest BCUT2D eigenvalue weighted by atomic mass is 10.1. The predicted molar refractivity (Wildman–Crippen MR) is 104 cm³/mol. The van der Waals surface area contributed by atoms with Gasteiger partial charge in [0, 0.05) is 25.3 Å². The van der Waals surface area contributed by atoms with Crippen molar-refractivity contribution in [1.82, 2.24) is 20.1 Å². The molecule has 0 radical (unpaired) electrons. The van der Waals surface area contributed by atoms with E-state index in [0.717, 1.165) is 25.1 Å². The Balaban J connectivity index is 1.32. The summed E-state index contributed by atoms with van der Waals surface area (Å²) in [7, 11) is 0. The monoisotopic (exact) mass is 361 g/mol. The maximum absolute atomic E-state index is 12.2. The summed E-state index contributed by atoms with van der Waals surface area (Å²) < 4.78 is 1.55. The molecule has 1 atom stereocenters. The molecule has 138 valence electrons. The normalized spacial score (nSPS) is 14.0. The van der Waals surface area contributed by atoms with Crippen LogP contribution in [0.4, 0.5) is 5.69 Å². The second-order valence-electron chi connectivity index (χ2n) is 6.89. The highest BCUT2D eigenvalue weighted by Gasteiger charge is 2.18. The van der Waals surface area contributed by atoms with Crippen molar-refractivity contribution in [3.05, 3.63) is 77.9 Å². The van der Waals surface area contributed by atoms with Crippen LogP contribution < -0.4 is 10.2 Å². The Morgan fingerprint density at radius 1 is 1.15 bits per heavy atom. The fourth-order valence-electron chi connectivity index (χ4n) is 3.43. The molecule has 1 aliphatic heterocycles. The first-order valence-electron chi connectivity index (χ1n) is 9.23. The molecule has 1 aliphatic rings. The maximum atomic E-state index is 12.2. The van der Waals surface area contributed by atoms with Gasteiger partial charge in [0.05, 0.1) is 0 Å². The Labute approximate surface area is 158 Å². The molecule has 1 aromatic heterocycles. The summed E-state index contributed by atoms with van der Waals surface area (Å²) in [6.45, 7) is 4.29. The highest BCUT2D eigenvalue weighted by atomic mass is 16.2. The second kappa shape index (κ2) is 7.61. The van der Waals surface area contributed by atoms with Crippen LogP contribution in [0.2, 0.25) is 0 Å². The standard InChI is InChI=1S/C21H23N5O/c1-16(26-15-22-14-24-26)21(27)23-12-17-6-8-18(9-7-17)13-25-11-10-19-4-2-3-5-20(19)25/h2-9,14-16H,10-13H2,1H3,(H,23,27). The van der Waals surface area contributed by atoms with Crippen LogP contribution in [0.25, 0.3) is 0 Å². The number of hydrogen-bond acceptors (Lipinski definition) is 4. The summed E-state index contributed by atoms with van der Waals surface area (Å²) in [4.78, 5) is 18.5. The van der Waals surface area contributed by atoms with Gasteiger partial charge in [0.2, 0.25) is 5.91 Å². The zero-order valence-electron chi connectivity index (χ0n) is 15.4. The maximum Gasteiger partial charge on any atom is 0.244 e. The minimum atomic E-state index is -0.373. The molecular formula is C21H23N5O. The second-order valence-corrected chi connectivity index (χ2v) is 6.89. The molecule has 0 fully saturated rings. The third-order valence-corrected chi connectivity index (χ3v) is 5.06. The van der Waals surface area contributed by atoms with Gasteiger partial charge >= 0.3 is 0 Å². The van der Waals surface area contributed by atoms with Crippen LogP contribution >= 0.6 is 0 Å². The van der Waals surface area contributed by atoms with E-state index in [1.165, 1.54) is 23.1 Å². The highest BCUT2D eigenvalue weighted by Crippen LogP contribution is 2.28. The lowest BCUT2D eigenvalue weighted by Crippen LogP contribution is -2.30. The highest BCUT2D eigenvalue weighted by molar-refractivity contribution is 5.79. The van der Waals surface area contributed by atoms with Gasteiger partial charge in [0.25, 0.3) is 0 Å². The predicted octanol–water partition coefficient (Wildman–Crippen LogP) is 2.72. The zero-order chi connectivity index (χ0) is 18.6. The average molecular weight is 361 g/mol. The lowest BCUT2D eigenvalue weighted by Gasteiger charge is -2.19. The number of benzene rings is 2. The Morgan fingerprint density at radius 3 is 2.70 bits per heavy atom. The van der Waals surface area contributed by atoms with Crippen LogP contribution in [-0.2, 0) is 24.3 Å².